The summed E-state index contributed by atoms with van der Waals surface area (Å²) in [7, 11) is 0. The fourth-order valence-corrected chi connectivity index (χ4v) is 2.84. The molecular formula is C18H25N5O3. The minimum absolute atomic E-state index is 0.248. The Bertz CT molecular complexity index is 729. The van der Waals surface area contributed by atoms with Gasteiger partial charge in [-0.25, -0.2) is 9.78 Å². The lowest BCUT2D eigenvalue weighted by molar-refractivity contribution is 0.0526. The summed E-state index contributed by atoms with van der Waals surface area (Å²) in [5.41, 5.74) is 0.471. The van der Waals surface area contributed by atoms with Crippen molar-refractivity contribution in [3.63, 3.8) is 0 Å². The van der Waals surface area contributed by atoms with Crippen molar-refractivity contribution >= 4 is 17.8 Å². The quantitative estimate of drug-likeness (QED) is 0.753. The van der Waals surface area contributed by atoms with Crippen LogP contribution in [-0.2, 0) is 4.74 Å². The molecule has 1 aliphatic rings. The van der Waals surface area contributed by atoms with Gasteiger partial charge in [-0.2, -0.15) is 4.98 Å². The Morgan fingerprint density at radius 2 is 2.00 bits per heavy atom. The summed E-state index contributed by atoms with van der Waals surface area (Å²) in [4.78, 5) is 25.0. The average molecular weight is 359 g/mol. The first-order chi connectivity index (χ1) is 12.6. The van der Waals surface area contributed by atoms with E-state index < -0.39 is 0 Å². The van der Waals surface area contributed by atoms with Gasteiger partial charge in [-0.15, -0.1) is 0 Å². The molecular weight excluding hydrogens is 334 g/mol. The smallest absolute Gasteiger partial charge is 0.339 e. The van der Waals surface area contributed by atoms with Crippen LogP contribution in [0.5, 0.6) is 0 Å². The molecule has 0 atom stereocenters. The molecule has 0 spiro atoms. The number of carbonyl (C=O) groups excluding carboxylic acids is 1. The maximum absolute atomic E-state index is 11.7. The SMILES string of the molecule is CCOC(=O)c1ccc(N2CCCN(c3nc(C(C)C)no3)CC2)nc1. The summed E-state index contributed by atoms with van der Waals surface area (Å²) in [6, 6.07) is 4.21. The van der Waals surface area contributed by atoms with Gasteiger partial charge < -0.3 is 19.1 Å². The topological polar surface area (TPSA) is 84.6 Å². The molecule has 8 heteroatoms. The molecule has 0 aromatic carbocycles. The molecule has 2 aromatic heterocycles. The van der Waals surface area contributed by atoms with Gasteiger partial charge in [0.05, 0.1) is 12.2 Å². The van der Waals surface area contributed by atoms with E-state index >= 15 is 0 Å². The molecule has 140 valence electrons. The Balaban J connectivity index is 1.63. The van der Waals surface area contributed by atoms with Gasteiger partial charge in [-0.05, 0) is 25.5 Å². The molecule has 0 aliphatic carbocycles. The van der Waals surface area contributed by atoms with Crippen LogP contribution in [0.25, 0.3) is 0 Å². The van der Waals surface area contributed by atoms with Crippen molar-refractivity contribution in [2.75, 3.05) is 42.6 Å². The molecule has 0 amide bonds. The zero-order valence-electron chi connectivity index (χ0n) is 15.5. The van der Waals surface area contributed by atoms with Crippen molar-refractivity contribution in [1.82, 2.24) is 15.1 Å². The molecule has 1 fully saturated rings. The van der Waals surface area contributed by atoms with E-state index in [1.807, 2.05) is 19.9 Å². The second-order valence-electron chi connectivity index (χ2n) is 6.54. The van der Waals surface area contributed by atoms with E-state index in [1.165, 1.54) is 0 Å². The van der Waals surface area contributed by atoms with Crippen LogP contribution in [0.15, 0.2) is 22.9 Å². The molecule has 26 heavy (non-hydrogen) atoms. The summed E-state index contributed by atoms with van der Waals surface area (Å²) >= 11 is 0. The van der Waals surface area contributed by atoms with E-state index in [4.69, 9.17) is 9.26 Å². The molecule has 3 rings (SSSR count). The second-order valence-corrected chi connectivity index (χ2v) is 6.54. The first-order valence-electron chi connectivity index (χ1n) is 9.05. The van der Waals surface area contributed by atoms with Gasteiger partial charge in [0.1, 0.15) is 5.82 Å². The molecule has 0 N–H and O–H groups in total. The van der Waals surface area contributed by atoms with Gasteiger partial charge in [0, 0.05) is 38.3 Å². The largest absolute Gasteiger partial charge is 0.462 e. The highest BCUT2D eigenvalue weighted by Gasteiger charge is 2.21. The third-order valence-corrected chi connectivity index (χ3v) is 4.30. The Labute approximate surface area is 153 Å². The zero-order valence-corrected chi connectivity index (χ0v) is 15.5. The van der Waals surface area contributed by atoms with Crippen molar-refractivity contribution < 1.29 is 14.1 Å². The molecule has 1 aliphatic heterocycles. The lowest BCUT2D eigenvalue weighted by atomic mass is 10.2. The molecule has 1 saturated heterocycles. The van der Waals surface area contributed by atoms with Crippen LogP contribution >= 0.6 is 0 Å². The van der Waals surface area contributed by atoms with Crippen LogP contribution in [-0.4, -0.2) is 53.9 Å². The minimum Gasteiger partial charge on any atom is -0.462 e. The summed E-state index contributed by atoms with van der Waals surface area (Å²) in [6.45, 7) is 9.55. The van der Waals surface area contributed by atoms with E-state index in [1.54, 1.807) is 19.2 Å². The van der Waals surface area contributed by atoms with E-state index in [9.17, 15) is 4.79 Å². The normalized spacial score (nSPS) is 15.2. The fraction of sp³-hybridized carbons (Fsp3) is 0.556. The number of esters is 1. The molecule has 0 radical (unpaired) electrons. The van der Waals surface area contributed by atoms with Crippen LogP contribution in [0.1, 0.15) is 49.3 Å². The Morgan fingerprint density at radius 1 is 1.23 bits per heavy atom. The predicted molar refractivity (Wildman–Crippen MR) is 97.6 cm³/mol. The number of hydrogen-bond donors (Lipinski definition) is 0. The number of hydrogen-bond acceptors (Lipinski definition) is 8. The first-order valence-corrected chi connectivity index (χ1v) is 9.05. The maximum Gasteiger partial charge on any atom is 0.339 e. The Kier molecular flexibility index (Phi) is 5.70. The van der Waals surface area contributed by atoms with Gasteiger partial charge in [0.15, 0.2) is 5.82 Å². The Morgan fingerprint density at radius 3 is 2.65 bits per heavy atom. The van der Waals surface area contributed by atoms with Crippen molar-refractivity contribution in [2.24, 2.45) is 0 Å². The summed E-state index contributed by atoms with van der Waals surface area (Å²) < 4.78 is 10.4. The maximum atomic E-state index is 11.7. The van der Waals surface area contributed by atoms with Crippen molar-refractivity contribution in [1.29, 1.82) is 0 Å². The molecule has 8 nitrogen and oxygen atoms in total. The first kappa shape index (κ1) is 18.2. The second kappa shape index (κ2) is 8.16. The molecule has 2 aromatic rings. The Hall–Kier alpha value is -2.64. The molecule has 3 heterocycles. The predicted octanol–water partition coefficient (Wildman–Crippen LogP) is 2.48. The molecule has 0 saturated carbocycles. The van der Waals surface area contributed by atoms with Crippen LogP contribution in [0.3, 0.4) is 0 Å². The lowest BCUT2D eigenvalue weighted by Crippen LogP contribution is -2.31. The zero-order chi connectivity index (χ0) is 18.5. The molecule has 0 unspecified atom stereocenters. The summed E-state index contributed by atoms with van der Waals surface area (Å²) in [6.07, 6.45) is 2.53. The van der Waals surface area contributed by atoms with Gasteiger partial charge in [-0.1, -0.05) is 19.0 Å². The number of pyridine rings is 1. The minimum atomic E-state index is -0.342. The highest BCUT2D eigenvalue weighted by Crippen LogP contribution is 2.20. The van der Waals surface area contributed by atoms with E-state index in [-0.39, 0.29) is 11.9 Å². The third-order valence-electron chi connectivity index (χ3n) is 4.30. The number of anilines is 2. The number of aromatic nitrogens is 3. The number of ether oxygens (including phenoxy) is 1. The van der Waals surface area contributed by atoms with Gasteiger partial charge >= 0.3 is 12.0 Å². The van der Waals surface area contributed by atoms with Gasteiger partial charge in [0.25, 0.3) is 0 Å². The van der Waals surface area contributed by atoms with Crippen molar-refractivity contribution in [2.45, 2.75) is 33.1 Å². The number of rotatable bonds is 5. The van der Waals surface area contributed by atoms with Crippen LogP contribution < -0.4 is 9.80 Å². The third kappa shape index (κ3) is 4.12. The number of carbonyl (C=O) groups is 1. The molecule has 0 bridgehead atoms. The van der Waals surface area contributed by atoms with Crippen LogP contribution in [0.4, 0.5) is 11.8 Å². The van der Waals surface area contributed by atoms with E-state index in [0.717, 1.165) is 44.2 Å². The monoisotopic (exact) mass is 359 g/mol. The lowest BCUT2D eigenvalue weighted by Gasteiger charge is -2.22. The number of nitrogens with zero attached hydrogens (tertiary/aromatic N) is 5. The summed E-state index contributed by atoms with van der Waals surface area (Å²) in [5, 5.41) is 4.04. The average Bonchev–Trinajstić information content (AvgIpc) is 3.01. The van der Waals surface area contributed by atoms with E-state index in [0.29, 0.717) is 18.2 Å². The van der Waals surface area contributed by atoms with E-state index in [2.05, 4.69) is 24.9 Å². The van der Waals surface area contributed by atoms with Crippen LogP contribution in [0, 0.1) is 0 Å². The highest BCUT2D eigenvalue weighted by molar-refractivity contribution is 5.89. The van der Waals surface area contributed by atoms with Crippen molar-refractivity contribution in [3.8, 4) is 0 Å². The summed E-state index contributed by atoms with van der Waals surface area (Å²) in [5.74, 6) is 1.50. The van der Waals surface area contributed by atoms with Gasteiger partial charge in [-0.3, -0.25) is 0 Å². The fourth-order valence-electron chi connectivity index (χ4n) is 2.84. The van der Waals surface area contributed by atoms with Crippen molar-refractivity contribution in [3.05, 3.63) is 29.7 Å². The standard InChI is InChI=1S/C18H25N5O3/c1-4-25-17(24)14-6-7-15(19-12-14)22-8-5-9-23(11-10-22)18-20-16(13(2)3)21-26-18/h6-7,12-13H,4-5,8-11H2,1-3H3. The van der Waals surface area contributed by atoms with Crippen LogP contribution in [0.2, 0.25) is 0 Å². The van der Waals surface area contributed by atoms with Gasteiger partial charge in [0.2, 0.25) is 0 Å². The highest BCUT2D eigenvalue weighted by atomic mass is 16.5.